The van der Waals surface area contributed by atoms with Crippen LogP contribution in [0, 0.1) is 0 Å². The molecule has 9 heteroatoms. The monoisotopic (exact) mass is 446 g/mol. The summed E-state index contributed by atoms with van der Waals surface area (Å²) >= 11 is 5.85. The average molecular weight is 447 g/mol. The number of urea groups is 1. The topological polar surface area (TPSA) is 113 Å². The van der Waals surface area contributed by atoms with E-state index in [2.05, 4.69) is 20.9 Å². The van der Waals surface area contributed by atoms with Gasteiger partial charge in [-0.3, -0.25) is 9.78 Å². The van der Waals surface area contributed by atoms with Gasteiger partial charge in [0.15, 0.2) is 0 Å². The Morgan fingerprint density at radius 1 is 1.13 bits per heavy atom. The van der Waals surface area contributed by atoms with Crippen molar-refractivity contribution in [1.29, 1.82) is 0 Å². The summed E-state index contributed by atoms with van der Waals surface area (Å²) in [5.41, 5.74) is 1.53. The number of aromatic nitrogens is 1. The zero-order chi connectivity index (χ0) is 22.1. The van der Waals surface area contributed by atoms with E-state index >= 15 is 0 Å². The smallest absolute Gasteiger partial charge is 0.319 e. The molecule has 0 spiro atoms. The van der Waals surface area contributed by atoms with Crippen molar-refractivity contribution >= 4 is 29.2 Å². The van der Waals surface area contributed by atoms with Crippen LogP contribution in [0.1, 0.15) is 24.8 Å². The van der Waals surface area contributed by atoms with Crippen LogP contribution in [0.3, 0.4) is 0 Å². The average Bonchev–Trinajstić information content (AvgIpc) is 2.77. The molecule has 3 rings (SSSR count). The molecule has 1 aliphatic rings. The Morgan fingerprint density at radius 3 is 2.58 bits per heavy atom. The van der Waals surface area contributed by atoms with E-state index in [0.717, 1.165) is 12.0 Å². The molecule has 2 heterocycles. The quantitative estimate of drug-likeness (QED) is 0.497. The van der Waals surface area contributed by atoms with E-state index in [4.69, 9.17) is 16.3 Å². The molecule has 1 aromatic carbocycles. The van der Waals surface area contributed by atoms with Crippen molar-refractivity contribution in [3.05, 3.63) is 59.4 Å². The maximum absolute atomic E-state index is 12.3. The minimum Gasteiger partial charge on any atom is -0.394 e. The Labute approximate surface area is 186 Å². The van der Waals surface area contributed by atoms with Gasteiger partial charge >= 0.3 is 6.03 Å². The van der Waals surface area contributed by atoms with Crippen LogP contribution >= 0.6 is 11.6 Å². The molecule has 31 heavy (non-hydrogen) atoms. The van der Waals surface area contributed by atoms with E-state index in [9.17, 15) is 14.7 Å². The number of ether oxygens (including phenoxy) is 1. The third-order valence-corrected chi connectivity index (χ3v) is 5.37. The summed E-state index contributed by atoms with van der Waals surface area (Å²) in [6, 6.07) is 9.77. The summed E-state index contributed by atoms with van der Waals surface area (Å²) in [7, 11) is 0. The van der Waals surface area contributed by atoms with E-state index in [1.54, 1.807) is 36.7 Å². The first-order valence-electron chi connectivity index (χ1n) is 10.3. The molecule has 3 atom stereocenters. The lowest BCUT2D eigenvalue weighted by Gasteiger charge is -2.36. The van der Waals surface area contributed by atoms with E-state index in [-0.39, 0.29) is 30.7 Å². The van der Waals surface area contributed by atoms with Crippen LogP contribution in [0.5, 0.6) is 0 Å². The molecular weight excluding hydrogens is 420 g/mol. The molecule has 8 nitrogen and oxygen atoms in total. The fourth-order valence-electron chi connectivity index (χ4n) is 3.50. The van der Waals surface area contributed by atoms with Crippen molar-refractivity contribution < 1.29 is 19.4 Å². The predicted molar refractivity (Wildman–Crippen MR) is 118 cm³/mol. The van der Waals surface area contributed by atoms with Gasteiger partial charge in [-0.25, -0.2) is 4.79 Å². The highest BCUT2D eigenvalue weighted by atomic mass is 35.5. The molecular formula is C22H27ClN4O4. The summed E-state index contributed by atoms with van der Waals surface area (Å²) in [4.78, 5) is 28.2. The van der Waals surface area contributed by atoms with Gasteiger partial charge in [0.2, 0.25) is 5.91 Å². The van der Waals surface area contributed by atoms with Crippen LogP contribution in [0.15, 0.2) is 48.8 Å². The van der Waals surface area contributed by atoms with Gasteiger partial charge in [0.05, 0.1) is 25.2 Å². The number of carbonyl (C=O) groups is 2. The summed E-state index contributed by atoms with van der Waals surface area (Å²) in [5.74, 6) is -0.0564. The Bertz CT molecular complexity index is 850. The Hall–Kier alpha value is -2.68. The number of pyridine rings is 1. The van der Waals surface area contributed by atoms with Crippen molar-refractivity contribution in [1.82, 2.24) is 15.6 Å². The molecule has 1 saturated heterocycles. The third kappa shape index (κ3) is 7.50. The highest BCUT2D eigenvalue weighted by Gasteiger charge is 2.31. The van der Waals surface area contributed by atoms with E-state index < -0.39 is 6.10 Å². The van der Waals surface area contributed by atoms with Gasteiger partial charge in [0.1, 0.15) is 6.10 Å². The Kier molecular flexibility index (Phi) is 8.63. The van der Waals surface area contributed by atoms with Crippen LogP contribution in [-0.2, 0) is 16.0 Å². The SMILES string of the molecule is O=C(Cc1ccncc1)NCC[C@H]1CC[C@H](NC(=O)Nc2ccc(Cl)cc2)[C@@H](CO)O1. The highest BCUT2D eigenvalue weighted by molar-refractivity contribution is 6.30. The van der Waals surface area contributed by atoms with Gasteiger partial charge < -0.3 is 25.8 Å². The maximum atomic E-state index is 12.3. The molecule has 0 saturated carbocycles. The summed E-state index contributed by atoms with van der Waals surface area (Å²) in [6.45, 7) is 0.290. The third-order valence-electron chi connectivity index (χ3n) is 5.12. The standard InChI is InChI=1S/C22H27ClN4O4/c23-16-1-3-17(4-2-16)26-22(30)27-19-6-5-18(31-20(19)14-28)9-12-25-21(29)13-15-7-10-24-11-8-15/h1-4,7-8,10-11,18-20,28H,5-6,9,12-14H2,(H,25,29)(H2,26,27,30)/t18-,19+,20-/m1/s1. The Balaban J connectivity index is 1.39. The second-order valence-electron chi connectivity index (χ2n) is 7.44. The van der Waals surface area contributed by atoms with Gasteiger partial charge in [-0.05, 0) is 61.2 Å². The number of nitrogens with one attached hydrogen (secondary N) is 3. The molecule has 1 fully saturated rings. The first-order valence-corrected chi connectivity index (χ1v) is 10.7. The molecule has 3 amide bonds. The molecule has 1 aliphatic heterocycles. The number of benzene rings is 1. The van der Waals surface area contributed by atoms with Gasteiger partial charge in [0.25, 0.3) is 0 Å². The number of aliphatic hydroxyl groups is 1. The van der Waals surface area contributed by atoms with Gasteiger partial charge in [-0.15, -0.1) is 0 Å². The molecule has 0 aliphatic carbocycles. The summed E-state index contributed by atoms with van der Waals surface area (Å²) < 4.78 is 5.95. The van der Waals surface area contributed by atoms with Crippen LogP contribution in [0.2, 0.25) is 5.02 Å². The number of amides is 3. The number of aliphatic hydroxyl groups excluding tert-OH is 1. The lowest BCUT2D eigenvalue weighted by atomic mass is 9.97. The fraction of sp³-hybridized carbons (Fsp3) is 0.409. The maximum Gasteiger partial charge on any atom is 0.319 e. The zero-order valence-corrected chi connectivity index (χ0v) is 17.8. The molecule has 2 aromatic rings. The van der Waals surface area contributed by atoms with Crippen molar-refractivity contribution in [3.63, 3.8) is 0 Å². The number of anilines is 1. The number of nitrogens with zero attached hydrogens (tertiary/aromatic N) is 1. The molecule has 0 unspecified atom stereocenters. The first kappa shape index (κ1) is 23.0. The number of halogens is 1. The van der Waals surface area contributed by atoms with Crippen molar-refractivity contribution in [2.24, 2.45) is 0 Å². The van der Waals surface area contributed by atoms with Gasteiger partial charge in [0, 0.05) is 29.6 Å². The predicted octanol–water partition coefficient (Wildman–Crippen LogP) is 2.51. The highest BCUT2D eigenvalue weighted by Crippen LogP contribution is 2.22. The number of carbonyl (C=O) groups excluding carboxylic acids is 2. The summed E-state index contributed by atoms with van der Waals surface area (Å²) in [5, 5.41) is 18.8. The molecule has 166 valence electrons. The largest absolute Gasteiger partial charge is 0.394 e. The van der Waals surface area contributed by atoms with Crippen LogP contribution in [-0.4, -0.2) is 53.4 Å². The molecule has 0 bridgehead atoms. The normalized spacial score (nSPS) is 20.6. The minimum absolute atomic E-state index is 0.0564. The Morgan fingerprint density at radius 2 is 1.87 bits per heavy atom. The molecule has 1 aromatic heterocycles. The van der Waals surface area contributed by atoms with Gasteiger partial charge in [-0.2, -0.15) is 0 Å². The van der Waals surface area contributed by atoms with Crippen LogP contribution in [0.4, 0.5) is 10.5 Å². The van der Waals surface area contributed by atoms with Crippen molar-refractivity contribution in [3.8, 4) is 0 Å². The molecule has 4 N–H and O–H groups in total. The second kappa shape index (κ2) is 11.6. The van der Waals surface area contributed by atoms with E-state index in [0.29, 0.717) is 36.5 Å². The van der Waals surface area contributed by atoms with Crippen LogP contribution in [0.25, 0.3) is 0 Å². The van der Waals surface area contributed by atoms with Gasteiger partial charge in [-0.1, -0.05) is 11.6 Å². The lowest BCUT2D eigenvalue weighted by molar-refractivity contribution is -0.121. The zero-order valence-electron chi connectivity index (χ0n) is 17.1. The number of rotatable bonds is 8. The van der Waals surface area contributed by atoms with Crippen molar-refractivity contribution in [2.45, 2.75) is 43.9 Å². The minimum atomic E-state index is -0.498. The fourth-order valence-corrected chi connectivity index (χ4v) is 3.63. The number of hydrogen-bond acceptors (Lipinski definition) is 5. The van der Waals surface area contributed by atoms with Crippen molar-refractivity contribution in [2.75, 3.05) is 18.5 Å². The lowest BCUT2D eigenvalue weighted by Crippen LogP contribution is -2.52. The van der Waals surface area contributed by atoms with Crippen LogP contribution < -0.4 is 16.0 Å². The summed E-state index contributed by atoms with van der Waals surface area (Å²) in [6.07, 6.45) is 5.08. The van der Waals surface area contributed by atoms with E-state index in [1.807, 2.05) is 12.1 Å². The van der Waals surface area contributed by atoms with E-state index in [1.165, 1.54) is 0 Å². The second-order valence-corrected chi connectivity index (χ2v) is 7.88. The first-order chi connectivity index (χ1) is 15.0. The molecule has 0 radical (unpaired) electrons. The number of hydrogen-bond donors (Lipinski definition) is 4.